The standard InChI is InChI=1S/C11H21NO4/c1-3-4-5-10(14)12(8-9-13)7-6-11(15)16-2/h13H,3-9H2,1-2H3. The zero-order valence-corrected chi connectivity index (χ0v) is 10.1. The van der Waals surface area contributed by atoms with Crippen molar-refractivity contribution in [2.75, 3.05) is 26.8 Å². The Balaban J connectivity index is 4.04. The third-order valence-corrected chi connectivity index (χ3v) is 2.28. The summed E-state index contributed by atoms with van der Waals surface area (Å²) in [5, 5.41) is 8.82. The SMILES string of the molecule is CCCCC(=O)N(CCO)CCC(=O)OC. The summed E-state index contributed by atoms with van der Waals surface area (Å²) in [6.45, 7) is 2.52. The van der Waals surface area contributed by atoms with E-state index in [1.807, 2.05) is 6.92 Å². The fraction of sp³-hybridized carbons (Fsp3) is 0.818. The van der Waals surface area contributed by atoms with Crippen LogP contribution in [0.3, 0.4) is 0 Å². The summed E-state index contributed by atoms with van der Waals surface area (Å²) in [5.41, 5.74) is 0. The third-order valence-electron chi connectivity index (χ3n) is 2.28. The minimum absolute atomic E-state index is 0.0141. The lowest BCUT2D eigenvalue weighted by atomic mass is 10.2. The van der Waals surface area contributed by atoms with Crippen molar-refractivity contribution in [3.63, 3.8) is 0 Å². The summed E-state index contributed by atoms with van der Waals surface area (Å²) in [4.78, 5) is 24.1. The Labute approximate surface area is 96.4 Å². The summed E-state index contributed by atoms with van der Waals surface area (Å²) in [6, 6.07) is 0. The first-order chi connectivity index (χ1) is 7.65. The van der Waals surface area contributed by atoms with Crippen molar-refractivity contribution in [2.45, 2.75) is 32.6 Å². The maximum Gasteiger partial charge on any atom is 0.307 e. The number of amides is 1. The summed E-state index contributed by atoms with van der Waals surface area (Å²) in [7, 11) is 1.32. The van der Waals surface area contributed by atoms with E-state index < -0.39 is 0 Å². The number of carbonyl (C=O) groups excluding carboxylic acids is 2. The summed E-state index contributed by atoms with van der Waals surface area (Å²) >= 11 is 0. The molecular weight excluding hydrogens is 210 g/mol. The summed E-state index contributed by atoms with van der Waals surface area (Å²) < 4.78 is 4.50. The number of rotatable bonds is 8. The summed E-state index contributed by atoms with van der Waals surface area (Å²) in [5.74, 6) is -0.356. The van der Waals surface area contributed by atoms with Crippen LogP contribution in [0.2, 0.25) is 0 Å². The number of aliphatic hydroxyl groups excluding tert-OH is 1. The van der Waals surface area contributed by atoms with Gasteiger partial charge in [0.15, 0.2) is 0 Å². The van der Waals surface area contributed by atoms with Crippen molar-refractivity contribution in [1.29, 1.82) is 0 Å². The van der Waals surface area contributed by atoms with Crippen LogP contribution in [0.15, 0.2) is 0 Å². The van der Waals surface area contributed by atoms with E-state index in [1.165, 1.54) is 12.0 Å². The van der Waals surface area contributed by atoms with Crippen molar-refractivity contribution in [1.82, 2.24) is 4.90 Å². The maximum atomic E-state index is 11.7. The molecule has 0 spiro atoms. The van der Waals surface area contributed by atoms with E-state index in [2.05, 4.69) is 4.74 Å². The molecule has 5 heteroatoms. The van der Waals surface area contributed by atoms with Crippen LogP contribution in [0.5, 0.6) is 0 Å². The molecule has 0 saturated heterocycles. The van der Waals surface area contributed by atoms with Crippen LogP contribution in [0.4, 0.5) is 0 Å². The van der Waals surface area contributed by atoms with Crippen molar-refractivity contribution >= 4 is 11.9 Å². The minimum atomic E-state index is -0.341. The monoisotopic (exact) mass is 231 g/mol. The second-order valence-corrected chi connectivity index (χ2v) is 3.53. The molecule has 0 aromatic carbocycles. The largest absolute Gasteiger partial charge is 0.469 e. The molecule has 0 aliphatic carbocycles. The highest BCUT2D eigenvalue weighted by Gasteiger charge is 2.13. The maximum absolute atomic E-state index is 11.7. The minimum Gasteiger partial charge on any atom is -0.469 e. The lowest BCUT2D eigenvalue weighted by molar-refractivity contribution is -0.141. The number of ether oxygens (including phenoxy) is 1. The Hall–Kier alpha value is -1.10. The molecule has 5 nitrogen and oxygen atoms in total. The average Bonchev–Trinajstić information content (AvgIpc) is 2.30. The Morgan fingerprint density at radius 2 is 1.94 bits per heavy atom. The Bertz CT molecular complexity index is 218. The van der Waals surface area contributed by atoms with Crippen LogP contribution >= 0.6 is 0 Å². The average molecular weight is 231 g/mol. The smallest absolute Gasteiger partial charge is 0.307 e. The molecule has 94 valence electrons. The van der Waals surface area contributed by atoms with E-state index in [-0.39, 0.29) is 31.4 Å². The van der Waals surface area contributed by atoms with E-state index in [0.717, 1.165) is 12.8 Å². The van der Waals surface area contributed by atoms with Crippen molar-refractivity contribution in [3.05, 3.63) is 0 Å². The molecular formula is C11H21NO4. The Kier molecular flexibility index (Phi) is 8.52. The van der Waals surface area contributed by atoms with Gasteiger partial charge in [0.05, 0.1) is 20.1 Å². The number of nitrogens with zero attached hydrogens (tertiary/aromatic N) is 1. The van der Waals surface area contributed by atoms with E-state index in [0.29, 0.717) is 13.0 Å². The number of hydrogen-bond donors (Lipinski definition) is 1. The number of methoxy groups -OCH3 is 1. The van der Waals surface area contributed by atoms with Gasteiger partial charge < -0.3 is 14.7 Å². The predicted octanol–water partition coefficient (Wildman–Crippen LogP) is 0.561. The fourth-order valence-electron chi connectivity index (χ4n) is 1.30. The molecule has 0 unspecified atom stereocenters. The summed E-state index contributed by atoms with van der Waals surface area (Å²) in [6.07, 6.45) is 2.43. The van der Waals surface area contributed by atoms with Crippen LogP contribution in [0, 0.1) is 0 Å². The molecule has 0 heterocycles. The molecule has 1 N–H and O–H groups in total. The molecule has 0 radical (unpaired) electrons. The highest BCUT2D eigenvalue weighted by molar-refractivity contribution is 5.77. The molecule has 0 aliphatic heterocycles. The van der Waals surface area contributed by atoms with E-state index >= 15 is 0 Å². The van der Waals surface area contributed by atoms with Crippen LogP contribution in [0.1, 0.15) is 32.6 Å². The topological polar surface area (TPSA) is 66.8 Å². The van der Waals surface area contributed by atoms with Gasteiger partial charge in [0.2, 0.25) is 5.91 Å². The van der Waals surface area contributed by atoms with Crippen LogP contribution in [-0.2, 0) is 14.3 Å². The van der Waals surface area contributed by atoms with E-state index in [1.54, 1.807) is 0 Å². The van der Waals surface area contributed by atoms with E-state index in [4.69, 9.17) is 5.11 Å². The van der Waals surface area contributed by atoms with Gasteiger partial charge in [-0.3, -0.25) is 9.59 Å². The first-order valence-corrected chi connectivity index (χ1v) is 5.61. The first-order valence-electron chi connectivity index (χ1n) is 5.61. The number of hydrogen-bond acceptors (Lipinski definition) is 4. The molecule has 0 bridgehead atoms. The third kappa shape index (κ3) is 6.40. The predicted molar refractivity (Wildman–Crippen MR) is 59.8 cm³/mol. The van der Waals surface area contributed by atoms with Gasteiger partial charge in [-0.15, -0.1) is 0 Å². The lowest BCUT2D eigenvalue weighted by Gasteiger charge is -2.21. The highest BCUT2D eigenvalue weighted by Crippen LogP contribution is 2.02. The highest BCUT2D eigenvalue weighted by atomic mass is 16.5. The fourth-order valence-corrected chi connectivity index (χ4v) is 1.30. The van der Waals surface area contributed by atoms with Crippen LogP contribution in [-0.4, -0.2) is 48.7 Å². The van der Waals surface area contributed by atoms with Gasteiger partial charge in [-0.05, 0) is 6.42 Å². The quantitative estimate of drug-likeness (QED) is 0.620. The molecule has 0 aromatic heterocycles. The zero-order chi connectivity index (χ0) is 12.4. The zero-order valence-electron chi connectivity index (χ0n) is 10.1. The number of carbonyl (C=O) groups is 2. The Morgan fingerprint density at radius 3 is 2.44 bits per heavy atom. The molecule has 1 amide bonds. The van der Waals surface area contributed by atoms with Gasteiger partial charge in [0.1, 0.15) is 0 Å². The van der Waals surface area contributed by atoms with Gasteiger partial charge in [-0.1, -0.05) is 13.3 Å². The van der Waals surface area contributed by atoms with Gasteiger partial charge in [-0.25, -0.2) is 0 Å². The molecule has 0 aliphatic rings. The first kappa shape index (κ1) is 14.9. The van der Waals surface area contributed by atoms with Crippen molar-refractivity contribution in [2.24, 2.45) is 0 Å². The van der Waals surface area contributed by atoms with Gasteiger partial charge in [0.25, 0.3) is 0 Å². The van der Waals surface area contributed by atoms with Crippen molar-refractivity contribution in [3.8, 4) is 0 Å². The Morgan fingerprint density at radius 1 is 1.25 bits per heavy atom. The lowest BCUT2D eigenvalue weighted by Crippen LogP contribution is -2.35. The number of unbranched alkanes of at least 4 members (excludes halogenated alkanes) is 1. The molecule has 0 fully saturated rings. The second-order valence-electron chi connectivity index (χ2n) is 3.53. The van der Waals surface area contributed by atoms with Crippen LogP contribution < -0.4 is 0 Å². The molecule has 16 heavy (non-hydrogen) atoms. The normalized spacial score (nSPS) is 9.94. The van der Waals surface area contributed by atoms with Gasteiger partial charge in [0, 0.05) is 19.5 Å². The van der Waals surface area contributed by atoms with E-state index in [9.17, 15) is 9.59 Å². The molecule has 0 saturated carbocycles. The molecule has 0 rings (SSSR count). The van der Waals surface area contributed by atoms with Crippen molar-refractivity contribution < 1.29 is 19.4 Å². The second kappa shape index (κ2) is 9.15. The number of esters is 1. The molecule has 0 aromatic rings. The molecule has 0 atom stereocenters. The number of aliphatic hydroxyl groups is 1. The van der Waals surface area contributed by atoms with Crippen LogP contribution in [0.25, 0.3) is 0 Å². The van der Waals surface area contributed by atoms with Gasteiger partial charge in [-0.2, -0.15) is 0 Å². The van der Waals surface area contributed by atoms with Gasteiger partial charge >= 0.3 is 5.97 Å².